The Morgan fingerprint density at radius 2 is 1.25 bits per heavy atom. The number of quaternary nitrogens is 1. The molecule has 0 spiro atoms. The predicted octanol–water partition coefficient (Wildman–Crippen LogP) is 4.91. The molecule has 0 amide bonds. The largest absolute Gasteiger partial charge is 0.744 e. The second-order valence-electron chi connectivity index (χ2n) is 7.23. The van der Waals surface area contributed by atoms with E-state index in [4.69, 9.17) is 0 Å². The zero-order valence-electron chi connectivity index (χ0n) is 16.7. The Morgan fingerprint density at radius 1 is 0.786 bits per heavy atom. The summed E-state index contributed by atoms with van der Waals surface area (Å²) in [5.74, 6) is 0. The molecule has 3 aromatic carbocycles. The van der Waals surface area contributed by atoms with Crippen molar-refractivity contribution in [1.82, 2.24) is 4.48 Å². The first-order chi connectivity index (χ1) is 13.1. The maximum atomic E-state index is 10.4. The summed E-state index contributed by atoms with van der Waals surface area (Å²) in [6.45, 7) is 4.10. The molecule has 1 atom stereocenters. The molecule has 1 unspecified atom stereocenters. The second kappa shape index (κ2) is 9.15. The van der Waals surface area contributed by atoms with E-state index in [2.05, 4.69) is 81.7 Å². The molecule has 0 aliphatic carbocycles. The fourth-order valence-corrected chi connectivity index (χ4v) is 3.31. The Hall–Kier alpha value is -2.47. The van der Waals surface area contributed by atoms with Gasteiger partial charge < -0.3 is 4.55 Å². The van der Waals surface area contributed by atoms with E-state index in [1.54, 1.807) is 12.1 Å². The Kier molecular flexibility index (Phi) is 7.13. The van der Waals surface area contributed by atoms with Gasteiger partial charge in [-0.1, -0.05) is 66.2 Å². The Labute approximate surface area is 168 Å². The van der Waals surface area contributed by atoms with Crippen molar-refractivity contribution in [2.45, 2.75) is 24.8 Å². The van der Waals surface area contributed by atoms with Crippen LogP contribution < -0.4 is 4.48 Å². The smallest absolute Gasteiger partial charge is 0.132 e. The maximum Gasteiger partial charge on any atom is 0.132 e. The fourth-order valence-electron chi connectivity index (χ4n) is 2.84. The van der Waals surface area contributed by atoms with Crippen molar-refractivity contribution < 1.29 is 13.0 Å². The summed E-state index contributed by atoms with van der Waals surface area (Å²) in [5, 5.41) is 0. The van der Waals surface area contributed by atoms with Gasteiger partial charge in [-0.25, -0.2) is 8.42 Å². The quantitative estimate of drug-likeness (QED) is 0.464. The van der Waals surface area contributed by atoms with Crippen molar-refractivity contribution in [3.8, 4) is 0 Å². The summed E-state index contributed by atoms with van der Waals surface area (Å²) in [6, 6.07) is 27.6. The normalized spacial score (nSPS) is 12.6. The molecule has 0 aliphatic heterocycles. The van der Waals surface area contributed by atoms with Crippen molar-refractivity contribution in [3.63, 3.8) is 0 Å². The molecule has 3 aromatic rings. The summed E-state index contributed by atoms with van der Waals surface area (Å²) in [6.07, 6.45) is 0. The monoisotopic (exact) mass is 397 g/mol. The molecule has 0 radical (unpaired) electrons. The third-order valence-electron chi connectivity index (χ3n) is 4.98. The van der Waals surface area contributed by atoms with Gasteiger partial charge in [0.1, 0.15) is 21.8 Å². The van der Waals surface area contributed by atoms with Gasteiger partial charge in [0.05, 0.1) is 19.0 Å². The van der Waals surface area contributed by atoms with Gasteiger partial charge in [0.25, 0.3) is 0 Å². The van der Waals surface area contributed by atoms with Gasteiger partial charge in [0, 0.05) is 5.56 Å². The minimum atomic E-state index is -4.27. The van der Waals surface area contributed by atoms with Crippen LogP contribution in [0, 0.1) is 6.92 Å². The van der Waals surface area contributed by atoms with E-state index < -0.39 is 10.1 Å². The number of nitrogens with zero attached hydrogens (tertiary/aromatic N) is 1. The van der Waals surface area contributed by atoms with E-state index in [9.17, 15) is 13.0 Å². The molecule has 0 aromatic heterocycles. The molecule has 0 fully saturated rings. The fraction of sp³-hybridized carbons (Fsp3) is 0.217. The standard InChI is InChI=1S/C16H20N.C7H8O3S/c1-14(15-10-6-4-7-11-15)17(2,3)16-12-8-5-9-13-16;1-6-2-4-7(5-3-6)11(8,9)10/h4-14H,1-3H3;2-5H,1H3,(H,8,9,10)/q+1;/p-1. The van der Waals surface area contributed by atoms with Crippen LogP contribution in [0.15, 0.2) is 89.8 Å². The highest BCUT2D eigenvalue weighted by Crippen LogP contribution is 2.30. The predicted molar refractivity (Wildman–Crippen MR) is 114 cm³/mol. The third kappa shape index (κ3) is 5.76. The molecule has 148 valence electrons. The van der Waals surface area contributed by atoms with Crippen LogP contribution in [0.5, 0.6) is 0 Å². The lowest BCUT2D eigenvalue weighted by Gasteiger charge is -2.35. The van der Waals surface area contributed by atoms with Crippen LogP contribution in [0.2, 0.25) is 0 Å². The van der Waals surface area contributed by atoms with Crippen molar-refractivity contribution in [3.05, 3.63) is 96.1 Å². The van der Waals surface area contributed by atoms with Crippen LogP contribution in [0.25, 0.3) is 0 Å². The maximum absolute atomic E-state index is 10.4. The molecule has 0 heterocycles. The van der Waals surface area contributed by atoms with Crippen LogP contribution in [-0.2, 0) is 10.1 Å². The number of benzene rings is 3. The van der Waals surface area contributed by atoms with Crippen molar-refractivity contribution in [2.24, 2.45) is 0 Å². The Balaban J connectivity index is 0.000000221. The first kappa shape index (κ1) is 21.8. The number of para-hydroxylation sites is 1. The number of aryl methyl sites for hydroxylation is 1. The van der Waals surface area contributed by atoms with Gasteiger partial charge in [-0.3, -0.25) is 4.48 Å². The molecule has 0 bridgehead atoms. The topological polar surface area (TPSA) is 57.2 Å². The van der Waals surface area contributed by atoms with Gasteiger partial charge >= 0.3 is 0 Å². The number of hydrogen-bond donors (Lipinski definition) is 0. The van der Waals surface area contributed by atoms with Gasteiger partial charge in [-0.2, -0.15) is 0 Å². The van der Waals surface area contributed by atoms with Crippen LogP contribution in [-0.4, -0.2) is 27.1 Å². The molecule has 0 saturated heterocycles. The van der Waals surface area contributed by atoms with Gasteiger partial charge in [-0.05, 0) is 38.1 Å². The van der Waals surface area contributed by atoms with Crippen LogP contribution in [0.3, 0.4) is 0 Å². The van der Waals surface area contributed by atoms with E-state index in [1.165, 1.54) is 23.4 Å². The summed E-state index contributed by atoms with van der Waals surface area (Å²) < 4.78 is 32.0. The van der Waals surface area contributed by atoms with Crippen molar-refractivity contribution in [1.29, 1.82) is 0 Å². The first-order valence-corrected chi connectivity index (χ1v) is 10.5. The summed E-state index contributed by atoms with van der Waals surface area (Å²) in [5.41, 5.74) is 3.64. The Bertz CT molecular complexity index is 967. The summed E-state index contributed by atoms with van der Waals surface area (Å²) in [4.78, 5) is -0.178. The highest BCUT2D eigenvalue weighted by molar-refractivity contribution is 7.85. The van der Waals surface area contributed by atoms with Crippen LogP contribution in [0.1, 0.15) is 24.1 Å². The van der Waals surface area contributed by atoms with Gasteiger partial charge in [0.15, 0.2) is 0 Å². The van der Waals surface area contributed by atoms with Crippen molar-refractivity contribution >= 4 is 15.8 Å². The SMILES string of the molecule is CC(c1ccccc1)[N+](C)(C)c1ccccc1.Cc1ccc(S(=O)(=O)[O-])cc1. The number of rotatable bonds is 4. The average molecular weight is 398 g/mol. The average Bonchev–Trinajstić information content (AvgIpc) is 2.69. The summed E-state index contributed by atoms with van der Waals surface area (Å²) in [7, 11) is 0.244. The number of hydrogen-bond acceptors (Lipinski definition) is 3. The molecular formula is C23H27NO3S. The molecule has 4 nitrogen and oxygen atoms in total. The lowest BCUT2D eigenvalue weighted by Crippen LogP contribution is -2.42. The zero-order chi connectivity index (χ0) is 20.8. The van der Waals surface area contributed by atoms with E-state index in [0.717, 1.165) is 10.0 Å². The third-order valence-corrected chi connectivity index (χ3v) is 5.83. The van der Waals surface area contributed by atoms with Gasteiger partial charge in [0.2, 0.25) is 0 Å². The lowest BCUT2D eigenvalue weighted by atomic mass is 10.0. The van der Waals surface area contributed by atoms with Crippen LogP contribution >= 0.6 is 0 Å². The molecule has 3 rings (SSSR count). The molecule has 5 heteroatoms. The highest BCUT2D eigenvalue weighted by Gasteiger charge is 2.27. The zero-order valence-corrected chi connectivity index (χ0v) is 17.6. The minimum Gasteiger partial charge on any atom is -0.744 e. The summed E-state index contributed by atoms with van der Waals surface area (Å²) >= 11 is 0. The lowest BCUT2D eigenvalue weighted by molar-refractivity contribution is 0.316. The van der Waals surface area contributed by atoms with E-state index in [0.29, 0.717) is 6.04 Å². The first-order valence-electron chi connectivity index (χ1n) is 9.09. The van der Waals surface area contributed by atoms with Crippen LogP contribution in [0.4, 0.5) is 5.69 Å². The van der Waals surface area contributed by atoms with E-state index in [1.807, 2.05) is 6.92 Å². The molecule has 0 saturated carbocycles. The molecule has 28 heavy (non-hydrogen) atoms. The van der Waals surface area contributed by atoms with E-state index in [-0.39, 0.29) is 4.90 Å². The highest BCUT2D eigenvalue weighted by atomic mass is 32.2. The Morgan fingerprint density at radius 3 is 1.71 bits per heavy atom. The second-order valence-corrected chi connectivity index (χ2v) is 8.61. The molecular weight excluding hydrogens is 370 g/mol. The molecule has 0 aliphatic rings. The minimum absolute atomic E-state index is 0.178. The van der Waals surface area contributed by atoms with Crippen molar-refractivity contribution in [2.75, 3.05) is 14.1 Å². The van der Waals surface area contributed by atoms with E-state index >= 15 is 0 Å². The molecule has 0 N–H and O–H groups in total. The van der Waals surface area contributed by atoms with Gasteiger partial charge in [-0.15, -0.1) is 0 Å².